The summed E-state index contributed by atoms with van der Waals surface area (Å²) in [5.74, 6) is 0.997. The van der Waals surface area contributed by atoms with Crippen molar-refractivity contribution in [3.63, 3.8) is 0 Å². The van der Waals surface area contributed by atoms with Gasteiger partial charge in [0.25, 0.3) is 0 Å². The molecule has 1 aromatic carbocycles. The maximum absolute atomic E-state index is 7.47. The number of amidine groups is 1. The van der Waals surface area contributed by atoms with Crippen LogP contribution in [0.15, 0.2) is 18.2 Å². The third-order valence-corrected chi connectivity index (χ3v) is 4.24. The Bertz CT molecular complexity index is 634. The van der Waals surface area contributed by atoms with E-state index in [0.29, 0.717) is 6.61 Å². The number of aryl methyl sites for hydroxylation is 3. The van der Waals surface area contributed by atoms with Crippen LogP contribution in [-0.2, 0) is 6.42 Å². The molecule has 3 N–H and O–H groups in total. The van der Waals surface area contributed by atoms with Gasteiger partial charge < -0.3 is 10.5 Å². The minimum atomic E-state index is 0.0848. The largest absolute Gasteiger partial charge is 0.493 e. The molecule has 0 aliphatic heterocycles. The number of hydrogen-bond donors (Lipinski definition) is 2. The summed E-state index contributed by atoms with van der Waals surface area (Å²) in [5.41, 5.74) is 8.70. The molecule has 2 aromatic rings. The van der Waals surface area contributed by atoms with E-state index in [0.717, 1.165) is 33.3 Å². The molecule has 0 fully saturated rings. The average Bonchev–Trinajstić information content (AvgIpc) is 2.73. The van der Waals surface area contributed by atoms with Gasteiger partial charge in [-0.25, -0.2) is 4.98 Å². The number of nitrogen functional groups attached to an aromatic ring is 1. The fourth-order valence-electron chi connectivity index (χ4n) is 2.02. The standard InChI is InChI=1S/C15H19N3OS/c1-9-4-5-12(10(2)8-9)19-7-6-13-18-11(3)14(20-13)15(16)17/h4-5,8H,6-7H2,1-3H3,(H3,16,17). The van der Waals surface area contributed by atoms with Crippen molar-refractivity contribution in [2.75, 3.05) is 6.61 Å². The van der Waals surface area contributed by atoms with E-state index in [9.17, 15) is 0 Å². The predicted octanol–water partition coefficient (Wildman–Crippen LogP) is 2.97. The van der Waals surface area contributed by atoms with Crippen molar-refractivity contribution in [2.45, 2.75) is 27.2 Å². The molecule has 1 aromatic heterocycles. The highest BCUT2D eigenvalue weighted by Gasteiger charge is 2.10. The van der Waals surface area contributed by atoms with Crippen molar-refractivity contribution in [3.8, 4) is 5.75 Å². The van der Waals surface area contributed by atoms with E-state index in [1.165, 1.54) is 16.9 Å². The summed E-state index contributed by atoms with van der Waals surface area (Å²) < 4.78 is 5.79. The quantitative estimate of drug-likeness (QED) is 0.656. The molecule has 0 unspecified atom stereocenters. The molecule has 1 heterocycles. The van der Waals surface area contributed by atoms with Crippen LogP contribution in [0.25, 0.3) is 0 Å². The van der Waals surface area contributed by atoms with Crippen molar-refractivity contribution in [1.82, 2.24) is 4.98 Å². The molecule has 5 heteroatoms. The van der Waals surface area contributed by atoms with Gasteiger partial charge in [-0.05, 0) is 32.4 Å². The zero-order valence-electron chi connectivity index (χ0n) is 12.0. The molecule has 0 saturated heterocycles. The van der Waals surface area contributed by atoms with Gasteiger partial charge in [0, 0.05) is 6.42 Å². The first-order valence-corrected chi connectivity index (χ1v) is 7.30. The molecular weight excluding hydrogens is 270 g/mol. The van der Waals surface area contributed by atoms with Crippen LogP contribution < -0.4 is 10.5 Å². The van der Waals surface area contributed by atoms with Gasteiger partial charge in [-0.3, -0.25) is 5.41 Å². The SMILES string of the molecule is Cc1ccc(OCCc2nc(C)c(C(=N)N)s2)c(C)c1. The van der Waals surface area contributed by atoms with Crippen molar-refractivity contribution >= 4 is 17.2 Å². The van der Waals surface area contributed by atoms with Gasteiger partial charge in [-0.1, -0.05) is 17.7 Å². The maximum atomic E-state index is 7.47. The monoisotopic (exact) mass is 289 g/mol. The van der Waals surface area contributed by atoms with Gasteiger partial charge in [-0.2, -0.15) is 0 Å². The smallest absolute Gasteiger partial charge is 0.135 e. The first kappa shape index (κ1) is 14.5. The van der Waals surface area contributed by atoms with Crippen LogP contribution in [0.2, 0.25) is 0 Å². The van der Waals surface area contributed by atoms with Crippen LogP contribution in [0.5, 0.6) is 5.75 Å². The van der Waals surface area contributed by atoms with Gasteiger partial charge in [0.15, 0.2) is 0 Å². The predicted molar refractivity (Wildman–Crippen MR) is 83.0 cm³/mol. The lowest BCUT2D eigenvalue weighted by Crippen LogP contribution is -2.10. The van der Waals surface area contributed by atoms with Crippen LogP contribution in [0.4, 0.5) is 0 Å². The number of benzene rings is 1. The summed E-state index contributed by atoms with van der Waals surface area (Å²) in [4.78, 5) is 5.17. The zero-order chi connectivity index (χ0) is 14.7. The number of thiazole rings is 1. The van der Waals surface area contributed by atoms with Crippen molar-refractivity contribution < 1.29 is 4.74 Å². The highest BCUT2D eigenvalue weighted by molar-refractivity contribution is 7.13. The number of aromatic nitrogens is 1. The van der Waals surface area contributed by atoms with Crippen LogP contribution in [0, 0.1) is 26.2 Å². The molecule has 0 spiro atoms. The highest BCUT2D eigenvalue weighted by Crippen LogP contribution is 2.21. The average molecular weight is 289 g/mol. The lowest BCUT2D eigenvalue weighted by atomic mass is 10.1. The second-order valence-electron chi connectivity index (χ2n) is 4.80. The molecule has 0 atom stereocenters. The summed E-state index contributed by atoms with van der Waals surface area (Å²) >= 11 is 1.47. The Hall–Kier alpha value is -1.88. The van der Waals surface area contributed by atoms with Gasteiger partial charge in [0.05, 0.1) is 22.2 Å². The molecule has 0 radical (unpaired) electrons. The second-order valence-corrected chi connectivity index (χ2v) is 5.89. The fraction of sp³-hybridized carbons (Fsp3) is 0.333. The van der Waals surface area contributed by atoms with Crippen LogP contribution in [-0.4, -0.2) is 17.4 Å². The van der Waals surface area contributed by atoms with E-state index in [1.54, 1.807) is 0 Å². The van der Waals surface area contributed by atoms with Crippen molar-refractivity contribution in [1.29, 1.82) is 5.41 Å². The highest BCUT2D eigenvalue weighted by atomic mass is 32.1. The minimum Gasteiger partial charge on any atom is -0.493 e. The first-order valence-electron chi connectivity index (χ1n) is 6.48. The fourth-order valence-corrected chi connectivity index (χ4v) is 2.93. The number of rotatable bonds is 5. The van der Waals surface area contributed by atoms with E-state index in [4.69, 9.17) is 15.9 Å². The topological polar surface area (TPSA) is 72.0 Å². The van der Waals surface area contributed by atoms with Crippen molar-refractivity contribution in [2.24, 2.45) is 5.73 Å². The Balaban J connectivity index is 1.96. The number of ether oxygens (including phenoxy) is 1. The lowest BCUT2D eigenvalue weighted by molar-refractivity contribution is 0.319. The molecule has 106 valence electrons. The van der Waals surface area contributed by atoms with Crippen LogP contribution >= 0.6 is 11.3 Å². The van der Waals surface area contributed by atoms with E-state index in [2.05, 4.69) is 18.0 Å². The summed E-state index contributed by atoms with van der Waals surface area (Å²) in [6.45, 7) is 6.57. The molecule has 20 heavy (non-hydrogen) atoms. The van der Waals surface area contributed by atoms with Crippen LogP contribution in [0.3, 0.4) is 0 Å². The molecular formula is C15H19N3OS. The first-order chi connectivity index (χ1) is 9.47. The number of nitrogens with two attached hydrogens (primary N) is 1. The molecule has 0 saturated carbocycles. The van der Waals surface area contributed by atoms with Gasteiger partial charge in [0.1, 0.15) is 11.6 Å². The number of nitrogens with one attached hydrogen (secondary N) is 1. The Morgan fingerprint density at radius 3 is 2.70 bits per heavy atom. The van der Waals surface area contributed by atoms with Gasteiger partial charge in [-0.15, -0.1) is 11.3 Å². The van der Waals surface area contributed by atoms with Crippen LogP contribution in [0.1, 0.15) is 26.7 Å². The Morgan fingerprint density at radius 2 is 2.10 bits per heavy atom. The Kier molecular flexibility index (Phi) is 4.39. The summed E-state index contributed by atoms with van der Waals surface area (Å²) in [6, 6.07) is 6.15. The summed E-state index contributed by atoms with van der Waals surface area (Å²) in [5, 5.41) is 8.42. The number of hydrogen-bond acceptors (Lipinski definition) is 4. The summed E-state index contributed by atoms with van der Waals surface area (Å²) in [7, 11) is 0. The van der Waals surface area contributed by atoms with Gasteiger partial charge >= 0.3 is 0 Å². The molecule has 2 rings (SSSR count). The third kappa shape index (κ3) is 3.36. The number of nitrogens with zero attached hydrogens (tertiary/aromatic N) is 1. The van der Waals surface area contributed by atoms with E-state index in [1.807, 2.05) is 26.0 Å². The molecule has 0 bridgehead atoms. The van der Waals surface area contributed by atoms with Gasteiger partial charge in [0.2, 0.25) is 0 Å². The Labute approximate surface area is 123 Å². The van der Waals surface area contributed by atoms with E-state index < -0.39 is 0 Å². The molecule has 4 nitrogen and oxygen atoms in total. The van der Waals surface area contributed by atoms with E-state index >= 15 is 0 Å². The second kappa shape index (κ2) is 6.05. The normalized spacial score (nSPS) is 10.6. The van der Waals surface area contributed by atoms with E-state index in [-0.39, 0.29) is 5.84 Å². The molecule has 0 aliphatic rings. The summed E-state index contributed by atoms with van der Waals surface area (Å²) in [6.07, 6.45) is 0.728. The maximum Gasteiger partial charge on any atom is 0.135 e. The minimum absolute atomic E-state index is 0.0848. The lowest BCUT2D eigenvalue weighted by Gasteiger charge is -2.08. The zero-order valence-corrected chi connectivity index (χ0v) is 12.8. The Morgan fingerprint density at radius 1 is 1.35 bits per heavy atom. The van der Waals surface area contributed by atoms with Crippen molar-refractivity contribution in [3.05, 3.63) is 44.9 Å². The third-order valence-electron chi connectivity index (χ3n) is 2.99. The molecule has 0 aliphatic carbocycles. The molecule has 0 amide bonds.